The molecule has 1 saturated heterocycles. The summed E-state index contributed by atoms with van der Waals surface area (Å²) >= 11 is 6.22. The predicted molar refractivity (Wildman–Crippen MR) is 127 cm³/mol. The van der Waals surface area contributed by atoms with Gasteiger partial charge in [-0.3, -0.25) is 14.7 Å². The van der Waals surface area contributed by atoms with Gasteiger partial charge in [-0.2, -0.15) is 0 Å². The van der Waals surface area contributed by atoms with Crippen molar-refractivity contribution < 1.29 is 4.79 Å². The smallest absolute Gasteiger partial charge is 0.221 e. The molecule has 0 aromatic heterocycles. The van der Waals surface area contributed by atoms with E-state index in [1.54, 1.807) is 7.05 Å². The Morgan fingerprint density at radius 1 is 1.19 bits per heavy atom. The fraction of sp³-hybridized carbons (Fsp3) is 0.417. The lowest BCUT2D eigenvalue weighted by molar-refractivity contribution is -0.123. The van der Waals surface area contributed by atoms with Gasteiger partial charge in [0.1, 0.15) is 0 Å². The first-order valence-corrected chi connectivity index (χ1v) is 11.2. The SMILES string of the molecule is CN=C(NCCc1ccccc1Cl)NCc1cccc(CN2CCCC(C(N)=O)C2)c1. The van der Waals surface area contributed by atoms with E-state index < -0.39 is 0 Å². The number of carbonyl (C=O) groups is 1. The molecule has 6 nitrogen and oxygen atoms in total. The first kappa shape index (κ1) is 23.1. The summed E-state index contributed by atoms with van der Waals surface area (Å²) < 4.78 is 0. The molecule has 7 heteroatoms. The van der Waals surface area contributed by atoms with Crippen LogP contribution in [-0.4, -0.2) is 43.4 Å². The van der Waals surface area contributed by atoms with Crippen LogP contribution in [0.15, 0.2) is 53.5 Å². The molecule has 1 amide bonds. The third-order valence-electron chi connectivity index (χ3n) is 5.63. The number of nitrogens with one attached hydrogen (secondary N) is 2. The number of piperidine rings is 1. The van der Waals surface area contributed by atoms with E-state index in [-0.39, 0.29) is 11.8 Å². The Kier molecular flexibility index (Phi) is 8.74. The van der Waals surface area contributed by atoms with Crippen molar-refractivity contribution in [2.75, 3.05) is 26.7 Å². The first-order chi connectivity index (χ1) is 15.0. The molecule has 0 spiro atoms. The van der Waals surface area contributed by atoms with Gasteiger partial charge in [0, 0.05) is 38.2 Å². The highest BCUT2D eigenvalue weighted by Crippen LogP contribution is 2.19. The highest BCUT2D eigenvalue weighted by molar-refractivity contribution is 6.31. The average Bonchev–Trinajstić information content (AvgIpc) is 2.77. The Hall–Kier alpha value is -2.57. The van der Waals surface area contributed by atoms with E-state index in [1.165, 1.54) is 11.1 Å². The second-order valence-corrected chi connectivity index (χ2v) is 8.40. The zero-order valence-electron chi connectivity index (χ0n) is 18.1. The topological polar surface area (TPSA) is 82.8 Å². The molecule has 31 heavy (non-hydrogen) atoms. The van der Waals surface area contributed by atoms with Crippen molar-refractivity contribution in [1.82, 2.24) is 15.5 Å². The maximum absolute atomic E-state index is 11.5. The van der Waals surface area contributed by atoms with Gasteiger partial charge in [-0.25, -0.2) is 0 Å². The summed E-state index contributed by atoms with van der Waals surface area (Å²) in [5.41, 5.74) is 9.06. The standard InChI is InChI=1S/C24H32ClN5O/c1-27-24(28-12-11-20-8-2-3-10-22(20)25)29-15-18-6-4-7-19(14-18)16-30-13-5-9-21(17-30)23(26)31/h2-4,6-8,10,14,21H,5,9,11-13,15-17H2,1H3,(H2,26,31)(H2,27,28,29). The van der Waals surface area contributed by atoms with Crippen LogP contribution in [0.2, 0.25) is 5.02 Å². The number of hydrogen-bond acceptors (Lipinski definition) is 3. The Bertz CT molecular complexity index is 901. The molecule has 1 fully saturated rings. The Morgan fingerprint density at radius 3 is 2.77 bits per heavy atom. The highest BCUT2D eigenvalue weighted by Gasteiger charge is 2.23. The zero-order chi connectivity index (χ0) is 22.1. The minimum Gasteiger partial charge on any atom is -0.369 e. The number of amides is 1. The molecule has 0 saturated carbocycles. The minimum absolute atomic E-state index is 0.0289. The van der Waals surface area contributed by atoms with E-state index >= 15 is 0 Å². The van der Waals surface area contributed by atoms with Crippen LogP contribution in [0.1, 0.15) is 29.5 Å². The molecule has 0 radical (unpaired) electrons. The molecule has 3 rings (SSSR count). The van der Waals surface area contributed by atoms with E-state index in [0.717, 1.165) is 62.0 Å². The zero-order valence-corrected chi connectivity index (χ0v) is 18.9. The molecule has 1 unspecified atom stereocenters. The fourth-order valence-electron chi connectivity index (χ4n) is 3.95. The van der Waals surface area contributed by atoms with Crippen molar-refractivity contribution in [3.05, 3.63) is 70.2 Å². The maximum atomic E-state index is 11.5. The van der Waals surface area contributed by atoms with Gasteiger partial charge in [-0.15, -0.1) is 0 Å². The van der Waals surface area contributed by atoms with Crippen LogP contribution in [-0.2, 0) is 24.3 Å². The van der Waals surface area contributed by atoms with Crippen molar-refractivity contribution in [3.63, 3.8) is 0 Å². The van der Waals surface area contributed by atoms with Gasteiger partial charge in [-0.05, 0) is 48.6 Å². The lowest BCUT2D eigenvalue weighted by Gasteiger charge is -2.31. The van der Waals surface area contributed by atoms with Gasteiger partial charge < -0.3 is 16.4 Å². The summed E-state index contributed by atoms with van der Waals surface area (Å²) in [6, 6.07) is 16.4. The molecule has 4 N–H and O–H groups in total. The van der Waals surface area contributed by atoms with Crippen molar-refractivity contribution >= 4 is 23.5 Å². The van der Waals surface area contributed by atoms with Crippen LogP contribution in [0.3, 0.4) is 0 Å². The van der Waals surface area contributed by atoms with E-state index in [4.69, 9.17) is 17.3 Å². The fourth-order valence-corrected chi connectivity index (χ4v) is 4.18. The number of primary amides is 1. The summed E-state index contributed by atoms with van der Waals surface area (Å²) in [5.74, 6) is 0.549. The number of rotatable bonds is 8. The van der Waals surface area contributed by atoms with Gasteiger partial charge in [0.05, 0.1) is 5.92 Å². The molecule has 1 atom stereocenters. The first-order valence-electron chi connectivity index (χ1n) is 10.8. The highest BCUT2D eigenvalue weighted by atomic mass is 35.5. The summed E-state index contributed by atoms with van der Waals surface area (Å²) in [4.78, 5) is 18.1. The summed E-state index contributed by atoms with van der Waals surface area (Å²) in [6.07, 6.45) is 2.75. The Morgan fingerprint density at radius 2 is 2.00 bits per heavy atom. The molecule has 1 heterocycles. The summed E-state index contributed by atoms with van der Waals surface area (Å²) in [7, 11) is 1.77. The number of nitrogens with zero attached hydrogens (tertiary/aromatic N) is 2. The average molecular weight is 442 g/mol. The van der Waals surface area contributed by atoms with E-state index in [1.807, 2.05) is 24.3 Å². The minimum atomic E-state index is -0.184. The van der Waals surface area contributed by atoms with Crippen LogP contribution >= 0.6 is 11.6 Å². The lowest BCUT2D eigenvalue weighted by Crippen LogP contribution is -2.40. The third kappa shape index (κ3) is 7.26. The summed E-state index contributed by atoms with van der Waals surface area (Å²) in [5, 5.41) is 7.50. The molecule has 2 aromatic rings. The molecule has 1 aliphatic heterocycles. The number of benzene rings is 2. The van der Waals surface area contributed by atoms with Gasteiger partial charge in [0.15, 0.2) is 5.96 Å². The maximum Gasteiger partial charge on any atom is 0.221 e. The second-order valence-electron chi connectivity index (χ2n) is 7.99. The quantitative estimate of drug-likeness (QED) is 0.434. The van der Waals surface area contributed by atoms with Gasteiger partial charge >= 0.3 is 0 Å². The number of guanidine groups is 1. The van der Waals surface area contributed by atoms with Crippen LogP contribution in [0, 0.1) is 5.92 Å². The van der Waals surface area contributed by atoms with Crippen molar-refractivity contribution in [1.29, 1.82) is 0 Å². The van der Waals surface area contributed by atoms with Crippen molar-refractivity contribution in [2.45, 2.75) is 32.4 Å². The van der Waals surface area contributed by atoms with E-state index in [2.05, 4.69) is 44.8 Å². The van der Waals surface area contributed by atoms with Crippen LogP contribution in [0.4, 0.5) is 0 Å². The van der Waals surface area contributed by atoms with Gasteiger partial charge in [-0.1, -0.05) is 54.1 Å². The molecule has 0 aliphatic carbocycles. The number of aliphatic imine (C=N–C) groups is 1. The number of halogens is 1. The lowest BCUT2D eigenvalue weighted by atomic mass is 9.97. The molecule has 166 valence electrons. The Labute approximate surface area is 189 Å². The molecular weight excluding hydrogens is 410 g/mol. The van der Waals surface area contributed by atoms with Crippen LogP contribution in [0.5, 0.6) is 0 Å². The predicted octanol–water partition coefficient (Wildman–Crippen LogP) is 2.95. The van der Waals surface area contributed by atoms with E-state index in [9.17, 15) is 4.79 Å². The summed E-state index contributed by atoms with van der Waals surface area (Å²) in [6.45, 7) is 4.03. The van der Waals surface area contributed by atoms with E-state index in [0.29, 0.717) is 6.54 Å². The van der Waals surface area contributed by atoms with Gasteiger partial charge in [0.25, 0.3) is 0 Å². The molecule has 2 aromatic carbocycles. The van der Waals surface area contributed by atoms with Crippen LogP contribution in [0.25, 0.3) is 0 Å². The Balaban J connectivity index is 1.47. The van der Waals surface area contributed by atoms with Crippen LogP contribution < -0.4 is 16.4 Å². The largest absolute Gasteiger partial charge is 0.369 e. The number of carbonyl (C=O) groups excluding carboxylic acids is 1. The van der Waals surface area contributed by atoms with Crippen molar-refractivity contribution in [3.8, 4) is 0 Å². The van der Waals surface area contributed by atoms with Gasteiger partial charge in [0.2, 0.25) is 5.91 Å². The second kappa shape index (κ2) is 11.7. The number of hydrogen-bond donors (Lipinski definition) is 3. The number of nitrogens with two attached hydrogens (primary N) is 1. The third-order valence-corrected chi connectivity index (χ3v) is 6.00. The molecule has 0 bridgehead atoms. The molecular formula is C24H32ClN5O. The monoisotopic (exact) mass is 441 g/mol. The number of likely N-dealkylation sites (tertiary alicyclic amines) is 1. The molecule has 1 aliphatic rings. The van der Waals surface area contributed by atoms with Crippen molar-refractivity contribution in [2.24, 2.45) is 16.6 Å². The normalized spacial score (nSPS) is 17.4.